The molecule has 0 spiro atoms. The molecule has 3 heterocycles. The van der Waals surface area contributed by atoms with Crippen LogP contribution in [0.5, 0.6) is 0 Å². The topological polar surface area (TPSA) is 88.2 Å². The summed E-state index contributed by atoms with van der Waals surface area (Å²) in [5.41, 5.74) is 0.848. The summed E-state index contributed by atoms with van der Waals surface area (Å²) in [5, 5.41) is 13.7. The van der Waals surface area contributed by atoms with Gasteiger partial charge in [0.2, 0.25) is 0 Å². The summed E-state index contributed by atoms with van der Waals surface area (Å²) in [7, 11) is 2.10. The van der Waals surface area contributed by atoms with Crippen molar-refractivity contribution >= 4 is 17.7 Å². The van der Waals surface area contributed by atoms with E-state index in [0.717, 1.165) is 25.9 Å². The third-order valence-corrected chi connectivity index (χ3v) is 5.22. The standard InChI is InChI=1S/C20H23FN6O2/c1-13-18(15-5-3-4-6-16(15)21)29-25-19(13)24-20(28)23-17-7-10-22-27(17)14-8-11-26(2)12-9-14/h3-7,10,14H,8-9,11-12H2,1-2H3,(H2,23,24,25,28). The lowest BCUT2D eigenvalue weighted by molar-refractivity contribution is 0.213. The van der Waals surface area contributed by atoms with Crippen LogP contribution in [0.3, 0.4) is 0 Å². The Bertz CT molecular complexity index is 1010. The minimum Gasteiger partial charge on any atom is -0.354 e. The molecule has 4 rings (SSSR count). The average Bonchev–Trinajstić information content (AvgIpc) is 3.30. The number of benzene rings is 1. The first-order valence-electron chi connectivity index (χ1n) is 9.54. The van der Waals surface area contributed by atoms with Gasteiger partial charge in [0.1, 0.15) is 11.6 Å². The summed E-state index contributed by atoms with van der Waals surface area (Å²) in [6.45, 7) is 3.71. The first-order valence-corrected chi connectivity index (χ1v) is 9.54. The zero-order chi connectivity index (χ0) is 20.4. The second-order valence-corrected chi connectivity index (χ2v) is 7.24. The van der Waals surface area contributed by atoms with Crippen molar-refractivity contribution in [2.24, 2.45) is 0 Å². The monoisotopic (exact) mass is 398 g/mol. The van der Waals surface area contributed by atoms with Crippen LogP contribution < -0.4 is 10.6 Å². The maximum absolute atomic E-state index is 14.0. The summed E-state index contributed by atoms with van der Waals surface area (Å²) >= 11 is 0. The van der Waals surface area contributed by atoms with Gasteiger partial charge >= 0.3 is 6.03 Å². The van der Waals surface area contributed by atoms with Crippen LogP contribution in [0.15, 0.2) is 41.1 Å². The fourth-order valence-corrected chi connectivity index (χ4v) is 3.55. The van der Waals surface area contributed by atoms with E-state index in [9.17, 15) is 9.18 Å². The van der Waals surface area contributed by atoms with Crippen LogP contribution in [-0.4, -0.2) is 46.0 Å². The quantitative estimate of drug-likeness (QED) is 0.696. The molecule has 1 aliphatic rings. The second-order valence-electron chi connectivity index (χ2n) is 7.24. The molecule has 1 aromatic carbocycles. The van der Waals surface area contributed by atoms with Gasteiger partial charge in [-0.1, -0.05) is 17.3 Å². The van der Waals surface area contributed by atoms with E-state index in [1.807, 2.05) is 4.68 Å². The maximum Gasteiger partial charge on any atom is 0.326 e. The van der Waals surface area contributed by atoms with E-state index in [1.165, 1.54) is 6.07 Å². The first-order chi connectivity index (χ1) is 14.0. The molecule has 2 N–H and O–H groups in total. The van der Waals surface area contributed by atoms with E-state index in [2.05, 4.69) is 32.8 Å². The highest BCUT2D eigenvalue weighted by Gasteiger charge is 2.22. The largest absolute Gasteiger partial charge is 0.354 e. The lowest BCUT2D eigenvalue weighted by atomic mass is 10.1. The van der Waals surface area contributed by atoms with Gasteiger partial charge in [0.15, 0.2) is 11.6 Å². The number of halogens is 1. The Morgan fingerprint density at radius 2 is 1.97 bits per heavy atom. The third kappa shape index (κ3) is 4.00. The number of urea groups is 1. The molecule has 3 aromatic rings. The lowest BCUT2D eigenvalue weighted by Crippen LogP contribution is -2.32. The van der Waals surface area contributed by atoms with Crippen molar-refractivity contribution in [1.82, 2.24) is 19.8 Å². The fourth-order valence-electron chi connectivity index (χ4n) is 3.55. The van der Waals surface area contributed by atoms with E-state index in [4.69, 9.17) is 4.52 Å². The first kappa shape index (κ1) is 19.1. The molecule has 0 atom stereocenters. The molecule has 152 valence electrons. The Morgan fingerprint density at radius 3 is 2.72 bits per heavy atom. The number of rotatable bonds is 4. The number of nitrogens with one attached hydrogen (secondary N) is 2. The van der Waals surface area contributed by atoms with E-state index in [-0.39, 0.29) is 17.6 Å². The summed E-state index contributed by atoms with van der Waals surface area (Å²) in [6, 6.07) is 7.82. The number of piperidine rings is 1. The number of hydrogen-bond acceptors (Lipinski definition) is 5. The summed E-state index contributed by atoms with van der Waals surface area (Å²) < 4.78 is 21.2. The van der Waals surface area contributed by atoms with Gasteiger partial charge in [0, 0.05) is 11.6 Å². The number of amides is 2. The predicted molar refractivity (Wildman–Crippen MR) is 107 cm³/mol. The highest BCUT2D eigenvalue weighted by Crippen LogP contribution is 2.30. The van der Waals surface area contributed by atoms with Crippen molar-refractivity contribution in [3.05, 3.63) is 47.9 Å². The van der Waals surface area contributed by atoms with Crippen LogP contribution >= 0.6 is 0 Å². The van der Waals surface area contributed by atoms with Crippen LogP contribution in [0.4, 0.5) is 20.8 Å². The fraction of sp³-hybridized carbons (Fsp3) is 0.350. The molecular formula is C20H23FN6O2. The van der Waals surface area contributed by atoms with Crippen LogP contribution in [0, 0.1) is 12.7 Å². The Morgan fingerprint density at radius 1 is 1.21 bits per heavy atom. The number of carbonyl (C=O) groups is 1. The van der Waals surface area contributed by atoms with E-state index in [0.29, 0.717) is 16.9 Å². The van der Waals surface area contributed by atoms with Gasteiger partial charge in [0.25, 0.3) is 0 Å². The molecule has 2 aromatic heterocycles. The molecule has 0 radical (unpaired) electrons. The zero-order valence-corrected chi connectivity index (χ0v) is 16.4. The second kappa shape index (κ2) is 8.04. The van der Waals surface area contributed by atoms with Crippen LogP contribution in [-0.2, 0) is 0 Å². The van der Waals surface area contributed by atoms with Gasteiger partial charge in [-0.25, -0.2) is 13.9 Å². The van der Waals surface area contributed by atoms with Crippen molar-refractivity contribution < 1.29 is 13.7 Å². The van der Waals surface area contributed by atoms with Gasteiger partial charge in [-0.3, -0.25) is 10.6 Å². The molecule has 0 bridgehead atoms. The molecule has 2 amide bonds. The number of carbonyl (C=O) groups excluding carboxylic acids is 1. The number of likely N-dealkylation sites (tertiary alicyclic amines) is 1. The number of nitrogens with zero attached hydrogens (tertiary/aromatic N) is 4. The summed E-state index contributed by atoms with van der Waals surface area (Å²) in [4.78, 5) is 14.8. The summed E-state index contributed by atoms with van der Waals surface area (Å²) in [6.07, 6.45) is 3.62. The SMILES string of the molecule is Cc1c(NC(=O)Nc2ccnn2C2CCN(C)CC2)noc1-c1ccccc1F. The summed E-state index contributed by atoms with van der Waals surface area (Å²) in [5.74, 6) is 0.734. The molecule has 29 heavy (non-hydrogen) atoms. The molecule has 0 unspecified atom stereocenters. The van der Waals surface area contributed by atoms with Gasteiger partial charge in [-0.2, -0.15) is 5.10 Å². The molecule has 1 saturated heterocycles. The lowest BCUT2D eigenvalue weighted by Gasteiger charge is -2.29. The van der Waals surface area contributed by atoms with Crippen molar-refractivity contribution in [3.8, 4) is 11.3 Å². The number of hydrogen-bond donors (Lipinski definition) is 2. The van der Waals surface area contributed by atoms with E-state index in [1.54, 1.807) is 37.4 Å². The predicted octanol–water partition coefficient (Wildman–Crippen LogP) is 3.90. The van der Waals surface area contributed by atoms with Gasteiger partial charge in [-0.15, -0.1) is 0 Å². The van der Waals surface area contributed by atoms with E-state index < -0.39 is 11.8 Å². The molecule has 1 aliphatic heterocycles. The number of anilines is 2. The molecule has 9 heteroatoms. The van der Waals surface area contributed by atoms with Crippen molar-refractivity contribution in [1.29, 1.82) is 0 Å². The molecule has 0 aliphatic carbocycles. The highest BCUT2D eigenvalue weighted by atomic mass is 19.1. The smallest absolute Gasteiger partial charge is 0.326 e. The molecular weight excluding hydrogens is 375 g/mol. The van der Waals surface area contributed by atoms with Gasteiger partial charge in [0.05, 0.1) is 17.8 Å². The minimum atomic E-state index is -0.462. The molecule has 8 nitrogen and oxygen atoms in total. The van der Waals surface area contributed by atoms with Crippen molar-refractivity contribution in [2.45, 2.75) is 25.8 Å². The highest BCUT2D eigenvalue weighted by molar-refractivity contribution is 5.99. The Kier molecular flexibility index (Phi) is 5.30. The zero-order valence-electron chi connectivity index (χ0n) is 16.4. The minimum absolute atomic E-state index is 0.242. The van der Waals surface area contributed by atoms with Gasteiger partial charge < -0.3 is 9.42 Å². The van der Waals surface area contributed by atoms with Crippen LogP contribution in [0.2, 0.25) is 0 Å². The van der Waals surface area contributed by atoms with Crippen molar-refractivity contribution in [2.75, 3.05) is 30.8 Å². The van der Waals surface area contributed by atoms with E-state index >= 15 is 0 Å². The third-order valence-electron chi connectivity index (χ3n) is 5.22. The van der Waals surface area contributed by atoms with Crippen LogP contribution in [0.1, 0.15) is 24.4 Å². The molecule has 1 fully saturated rings. The van der Waals surface area contributed by atoms with Gasteiger partial charge in [-0.05, 0) is 52.0 Å². The Balaban J connectivity index is 1.45. The Labute approximate surface area is 167 Å². The number of aromatic nitrogens is 3. The average molecular weight is 398 g/mol. The molecule has 0 saturated carbocycles. The van der Waals surface area contributed by atoms with Crippen LogP contribution in [0.25, 0.3) is 11.3 Å². The Hall–Kier alpha value is -3.20. The maximum atomic E-state index is 14.0. The van der Waals surface area contributed by atoms with Crippen molar-refractivity contribution in [3.63, 3.8) is 0 Å². The normalized spacial score (nSPS) is 15.4.